The third-order valence-electron chi connectivity index (χ3n) is 3.27. The molecule has 2 aromatic carbocycles. The third-order valence-corrected chi connectivity index (χ3v) is 3.27. The number of anilines is 1. The molecule has 0 aliphatic rings. The van der Waals surface area contributed by atoms with Gasteiger partial charge in [0.2, 0.25) is 0 Å². The molecule has 4 heteroatoms. The second-order valence-electron chi connectivity index (χ2n) is 4.63. The standard InChI is InChI=1S/C17H16N2O2/c1-2-21-16-9-4-3-7-15(16)19-17(20)13-6-5-8-14-12(13)10-11-18-14/h3-11,18H,2H2,1H3,(H,19,20). The molecule has 0 atom stereocenters. The maximum Gasteiger partial charge on any atom is 0.256 e. The number of H-pyrrole nitrogens is 1. The highest BCUT2D eigenvalue weighted by molar-refractivity contribution is 6.12. The van der Waals surface area contributed by atoms with Gasteiger partial charge in [0.1, 0.15) is 5.75 Å². The Morgan fingerprint density at radius 1 is 1.14 bits per heavy atom. The Morgan fingerprint density at radius 2 is 2.00 bits per heavy atom. The van der Waals surface area contributed by atoms with Gasteiger partial charge in [-0.25, -0.2) is 0 Å². The number of carbonyl (C=O) groups is 1. The zero-order valence-electron chi connectivity index (χ0n) is 11.7. The molecule has 3 aromatic rings. The van der Waals surface area contributed by atoms with Crippen LogP contribution in [0.3, 0.4) is 0 Å². The topological polar surface area (TPSA) is 54.1 Å². The molecule has 2 N–H and O–H groups in total. The summed E-state index contributed by atoms with van der Waals surface area (Å²) in [6.07, 6.45) is 1.83. The van der Waals surface area contributed by atoms with Crippen LogP contribution < -0.4 is 10.1 Å². The van der Waals surface area contributed by atoms with E-state index in [1.54, 1.807) is 0 Å². The molecule has 0 fully saturated rings. The maximum absolute atomic E-state index is 12.5. The summed E-state index contributed by atoms with van der Waals surface area (Å²) >= 11 is 0. The predicted octanol–water partition coefficient (Wildman–Crippen LogP) is 3.82. The van der Waals surface area contributed by atoms with Crippen molar-refractivity contribution in [1.82, 2.24) is 4.98 Å². The number of fused-ring (bicyclic) bond motifs is 1. The second kappa shape index (κ2) is 5.71. The average molecular weight is 280 g/mol. The van der Waals surface area contributed by atoms with Gasteiger partial charge < -0.3 is 15.0 Å². The van der Waals surface area contributed by atoms with Crippen LogP contribution in [0.1, 0.15) is 17.3 Å². The minimum absolute atomic E-state index is 0.146. The van der Waals surface area contributed by atoms with Crippen LogP contribution in [0, 0.1) is 0 Å². The summed E-state index contributed by atoms with van der Waals surface area (Å²) in [5, 5.41) is 3.82. The van der Waals surface area contributed by atoms with Crippen LogP contribution in [-0.4, -0.2) is 17.5 Å². The number of amides is 1. The minimum atomic E-state index is -0.146. The van der Waals surface area contributed by atoms with E-state index in [0.717, 1.165) is 10.9 Å². The molecular formula is C17H16N2O2. The molecule has 0 saturated carbocycles. The van der Waals surface area contributed by atoms with Crippen molar-refractivity contribution in [2.45, 2.75) is 6.92 Å². The Balaban J connectivity index is 1.92. The van der Waals surface area contributed by atoms with Gasteiger partial charge >= 0.3 is 0 Å². The van der Waals surface area contributed by atoms with Crippen molar-refractivity contribution in [1.29, 1.82) is 0 Å². The first-order chi connectivity index (χ1) is 10.3. The highest BCUT2D eigenvalue weighted by Gasteiger charge is 2.12. The molecule has 0 radical (unpaired) electrons. The highest BCUT2D eigenvalue weighted by Crippen LogP contribution is 2.25. The molecule has 0 aliphatic carbocycles. The molecule has 0 saturated heterocycles. The highest BCUT2D eigenvalue weighted by atomic mass is 16.5. The van der Waals surface area contributed by atoms with Gasteiger partial charge in [-0.1, -0.05) is 18.2 Å². The zero-order chi connectivity index (χ0) is 14.7. The molecule has 4 nitrogen and oxygen atoms in total. The normalized spacial score (nSPS) is 10.5. The van der Waals surface area contributed by atoms with E-state index >= 15 is 0 Å². The largest absolute Gasteiger partial charge is 0.492 e. The lowest BCUT2D eigenvalue weighted by Crippen LogP contribution is -2.13. The number of carbonyl (C=O) groups excluding carboxylic acids is 1. The van der Waals surface area contributed by atoms with E-state index in [-0.39, 0.29) is 5.91 Å². The number of hydrogen-bond acceptors (Lipinski definition) is 2. The molecule has 1 aromatic heterocycles. The summed E-state index contributed by atoms with van der Waals surface area (Å²) in [7, 11) is 0. The average Bonchev–Trinajstić information content (AvgIpc) is 2.97. The fraction of sp³-hybridized carbons (Fsp3) is 0.118. The van der Waals surface area contributed by atoms with Crippen molar-refractivity contribution in [3.05, 3.63) is 60.3 Å². The molecular weight excluding hydrogens is 264 g/mol. The number of rotatable bonds is 4. The number of ether oxygens (including phenoxy) is 1. The van der Waals surface area contributed by atoms with Crippen LogP contribution in [-0.2, 0) is 0 Å². The van der Waals surface area contributed by atoms with Crippen LogP contribution in [0.4, 0.5) is 5.69 Å². The molecule has 0 spiro atoms. The van der Waals surface area contributed by atoms with Gasteiger partial charge in [-0.2, -0.15) is 0 Å². The summed E-state index contributed by atoms with van der Waals surface area (Å²) in [6.45, 7) is 2.47. The number of aromatic amines is 1. The van der Waals surface area contributed by atoms with E-state index in [0.29, 0.717) is 23.6 Å². The number of benzene rings is 2. The quantitative estimate of drug-likeness (QED) is 0.763. The van der Waals surface area contributed by atoms with Crippen molar-refractivity contribution >= 4 is 22.5 Å². The molecule has 0 unspecified atom stereocenters. The number of hydrogen-bond donors (Lipinski definition) is 2. The molecule has 1 amide bonds. The monoisotopic (exact) mass is 280 g/mol. The Hall–Kier alpha value is -2.75. The van der Waals surface area contributed by atoms with E-state index in [1.165, 1.54) is 0 Å². The van der Waals surface area contributed by atoms with Gasteiger partial charge in [-0.3, -0.25) is 4.79 Å². The van der Waals surface area contributed by atoms with Crippen LogP contribution in [0.2, 0.25) is 0 Å². The summed E-state index contributed by atoms with van der Waals surface area (Å²) in [5.41, 5.74) is 2.26. The summed E-state index contributed by atoms with van der Waals surface area (Å²) < 4.78 is 5.53. The number of para-hydroxylation sites is 2. The van der Waals surface area contributed by atoms with Crippen molar-refractivity contribution < 1.29 is 9.53 Å². The van der Waals surface area contributed by atoms with E-state index in [9.17, 15) is 4.79 Å². The van der Waals surface area contributed by atoms with Gasteiger partial charge in [0.05, 0.1) is 12.3 Å². The van der Waals surface area contributed by atoms with Crippen molar-refractivity contribution in [3.8, 4) is 5.75 Å². The van der Waals surface area contributed by atoms with Gasteiger partial charge in [-0.15, -0.1) is 0 Å². The Bertz CT molecular complexity index is 777. The predicted molar refractivity (Wildman–Crippen MR) is 83.9 cm³/mol. The third kappa shape index (κ3) is 2.60. The smallest absolute Gasteiger partial charge is 0.256 e. The molecule has 0 bridgehead atoms. The fourth-order valence-electron chi connectivity index (χ4n) is 2.32. The minimum Gasteiger partial charge on any atom is -0.492 e. The Labute approximate surface area is 122 Å². The molecule has 0 aliphatic heterocycles. The first-order valence-electron chi connectivity index (χ1n) is 6.89. The van der Waals surface area contributed by atoms with Gasteiger partial charge in [0.25, 0.3) is 5.91 Å². The van der Waals surface area contributed by atoms with E-state index in [4.69, 9.17) is 4.74 Å². The van der Waals surface area contributed by atoms with Crippen LogP contribution >= 0.6 is 0 Å². The lowest BCUT2D eigenvalue weighted by molar-refractivity contribution is 0.102. The maximum atomic E-state index is 12.5. The first-order valence-corrected chi connectivity index (χ1v) is 6.89. The lowest BCUT2D eigenvalue weighted by Gasteiger charge is -2.11. The van der Waals surface area contributed by atoms with Crippen molar-refractivity contribution in [3.63, 3.8) is 0 Å². The molecule has 106 valence electrons. The van der Waals surface area contributed by atoms with E-state index in [1.807, 2.05) is 61.7 Å². The lowest BCUT2D eigenvalue weighted by atomic mass is 10.1. The molecule has 3 rings (SSSR count). The van der Waals surface area contributed by atoms with Gasteiger partial charge in [-0.05, 0) is 37.3 Å². The molecule has 1 heterocycles. The van der Waals surface area contributed by atoms with Crippen LogP contribution in [0.25, 0.3) is 10.9 Å². The zero-order valence-corrected chi connectivity index (χ0v) is 11.7. The Morgan fingerprint density at radius 3 is 2.86 bits per heavy atom. The molecule has 21 heavy (non-hydrogen) atoms. The Kier molecular flexibility index (Phi) is 3.60. The van der Waals surface area contributed by atoms with Crippen LogP contribution in [0.15, 0.2) is 54.7 Å². The number of aromatic nitrogens is 1. The summed E-state index contributed by atoms with van der Waals surface area (Å²) in [5.74, 6) is 0.530. The van der Waals surface area contributed by atoms with Gasteiger partial charge in [0, 0.05) is 22.7 Å². The van der Waals surface area contributed by atoms with Gasteiger partial charge in [0.15, 0.2) is 0 Å². The van der Waals surface area contributed by atoms with Crippen molar-refractivity contribution in [2.75, 3.05) is 11.9 Å². The summed E-state index contributed by atoms with van der Waals surface area (Å²) in [4.78, 5) is 15.6. The van der Waals surface area contributed by atoms with E-state index in [2.05, 4.69) is 10.3 Å². The van der Waals surface area contributed by atoms with Crippen LogP contribution in [0.5, 0.6) is 5.75 Å². The summed E-state index contributed by atoms with van der Waals surface area (Å²) in [6, 6.07) is 15.0. The fourth-order valence-corrected chi connectivity index (χ4v) is 2.32. The van der Waals surface area contributed by atoms with Crippen molar-refractivity contribution in [2.24, 2.45) is 0 Å². The number of nitrogens with one attached hydrogen (secondary N) is 2. The second-order valence-corrected chi connectivity index (χ2v) is 4.63. The first kappa shape index (κ1) is 13.2. The van der Waals surface area contributed by atoms with E-state index < -0.39 is 0 Å². The SMILES string of the molecule is CCOc1ccccc1NC(=O)c1cccc2[nH]ccc12.